The molecule has 0 aromatic carbocycles. The summed E-state index contributed by atoms with van der Waals surface area (Å²) < 4.78 is 0. The van der Waals surface area contributed by atoms with Crippen molar-refractivity contribution in [3.63, 3.8) is 0 Å². The smallest absolute Gasteiger partial charge is 0.0309 e. The minimum Gasteiger partial charge on any atom is -0.329 e. The minimum absolute atomic E-state index is 0.194. The summed E-state index contributed by atoms with van der Waals surface area (Å²) in [6, 6.07) is 0. The van der Waals surface area contributed by atoms with Gasteiger partial charge in [0, 0.05) is 12.1 Å². The van der Waals surface area contributed by atoms with Gasteiger partial charge in [-0.3, -0.25) is 0 Å². The lowest BCUT2D eigenvalue weighted by atomic mass is 9.71. The molecule has 19 heavy (non-hydrogen) atoms. The van der Waals surface area contributed by atoms with Crippen molar-refractivity contribution in [1.29, 1.82) is 0 Å². The molecule has 0 saturated heterocycles. The van der Waals surface area contributed by atoms with E-state index in [2.05, 4.69) is 46.9 Å². The molecular weight excluding hydrogens is 232 g/mol. The number of nitrogens with one attached hydrogen (secondary N) is 1. The fourth-order valence-electron chi connectivity index (χ4n) is 4.23. The Labute approximate surface area is 120 Å². The van der Waals surface area contributed by atoms with Crippen LogP contribution >= 0.6 is 0 Å². The number of hydrogen-bond acceptors (Lipinski definition) is 2. The zero-order chi connectivity index (χ0) is 14.6. The normalized spacial score (nSPS) is 32.5. The fraction of sp³-hybridized carbons (Fsp3) is 1.00. The van der Waals surface area contributed by atoms with Gasteiger partial charge in [-0.1, -0.05) is 41.5 Å². The van der Waals surface area contributed by atoms with Gasteiger partial charge in [0.1, 0.15) is 0 Å². The SMILES string of the molecule is CC1CC(C)CC(CN)(NCC(C(C)C)C(C)C)C1. The standard InChI is InChI=1S/C17H36N2/c1-12(2)16(13(3)4)10-19-17(11-18)8-14(5)7-15(6)9-17/h12-16,19H,7-11,18H2,1-6H3. The summed E-state index contributed by atoms with van der Waals surface area (Å²) in [5.41, 5.74) is 6.33. The third-order valence-corrected chi connectivity index (χ3v) is 5.10. The highest BCUT2D eigenvalue weighted by atomic mass is 15.0. The fourth-order valence-corrected chi connectivity index (χ4v) is 4.23. The van der Waals surface area contributed by atoms with Crippen LogP contribution in [0.25, 0.3) is 0 Å². The Bertz CT molecular complexity index is 242. The predicted molar refractivity (Wildman–Crippen MR) is 85.1 cm³/mol. The first-order valence-corrected chi connectivity index (χ1v) is 8.24. The Balaban J connectivity index is 2.65. The van der Waals surface area contributed by atoms with Crippen molar-refractivity contribution in [2.75, 3.05) is 13.1 Å². The average molecular weight is 268 g/mol. The van der Waals surface area contributed by atoms with E-state index in [4.69, 9.17) is 5.73 Å². The predicted octanol–water partition coefficient (Wildman–Crippen LogP) is 3.66. The van der Waals surface area contributed by atoms with Crippen LogP contribution in [0.4, 0.5) is 0 Å². The third-order valence-electron chi connectivity index (χ3n) is 5.10. The molecule has 0 radical (unpaired) electrons. The largest absolute Gasteiger partial charge is 0.329 e. The quantitative estimate of drug-likeness (QED) is 0.771. The van der Waals surface area contributed by atoms with Crippen LogP contribution in [-0.4, -0.2) is 18.6 Å². The van der Waals surface area contributed by atoms with E-state index in [-0.39, 0.29) is 5.54 Å². The molecule has 2 heteroatoms. The maximum atomic E-state index is 6.14. The molecule has 0 aromatic rings. The summed E-state index contributed by atoms with van der Waals surface area (Å²) in [5, 5.41) is 3.88. The van der Waals surface area contributed by atoms with Crippen molar-refractivity contribution in [2.24, 2.45) is 35.3 Å². The summed E-state index contributed by atoms with van der Waals surface area (Å²) in [4.78, 5) is 0. The Morgan fingerprint density at radius 1 is 1.05 bits per heavy atom. The van der Waals surface area contributed by atoms with E-state index in [9.17, 15) is 0 Å². The summed E-state index contributed by atoms with van der Waals surface area (Å²) in [5.74, 6) is 3.82. The van der Waals surface area contributed by atoms with Crippen LogP contribution in [-0.2, 0) is 0 Å². The van der Waals surface area contributed by atoms with Crippen molar-refractivity contribution < 1.29 is 0 Å². The van der Waals surface area contributed by atoms with E-state index in [1.54, 1.807) is 0 Å². The summed E-state index contributed by atoms with van der Waals surface area (Å²) in [7, 11) is 0. The molecule has 1 aliphatic rings. The lowest BCUT2D eigenvalue weighted by Gasteiger charge is -2.44. The van der Waals surface area contributed by atoms with E-state index in [1.807, 2.05) is 0 Å². The zero-order valence-corrected chi connectivity index (χ0v) is 14.0. The Kier molecular flexibility index (Phi) is 6.32. The number of nitrogens with two attached hydrogens (primary N) is 1. The van der Waals surface area contributed by atoms with E-state index < -0.39 is 0 Å². The van der Waals surface area contributed by atoms with Crippen LogP contribution in [0.1, 0.15) is 60.8 Å². The Morgan fingerprint density at radius 2 is 1.53 bits per heavy atom. The van der Waals surface area contributed by atoms with Gasteiger partial charge in [0.15, 0.2) is 0 Å². The van der Waals surface area contributed by atoms with Crippen LogP contribution in [0.15, 0.2) is 0 Å². The molecule has 0 aromatic heterocycles. The topological polar surface area (TPSA) is 38.0 Å². The van der Waals surface area contributed by atoms with Gasteiger partial charge in [0.25, 0.3) is 0 Å². The molecule has 2 nitrogen and oxygen atoms in total. The van der Waals surface area contributed by atoms with Crippen LogP contribution in [0.3, 0.4) is 0 Å². The van der Waals surface area contributed by atoms with Crippen LogP contribution in [0.2, 0.25) is 0 Å². The molecule has 2 atom stereocenters. The highest BCUT2D eigenvalue weighted by Gasteiger charge is 2.37. The van der Waals surface area contributed by atoms with Crippen molar-refractivity contribution in [2.45, 2.75) is 66.3 Å². The average Bonchev–Trinajstić information content (AvgIpc) is 2.26. The van der Waals surface area contributed by atoms with Crippen molar-refractivity contribution in [3.05, 3.63) is 0 Å². The lowest BCUT2D eigenvalue weighted by Crippen LogP contribution is -2.57. The van der Waals surface area contributed by atoms with Gasteiger partial charge < -0.3 is 11.1 Å². The highest BCUT2D eigenvalue weighted by Crippen LogP contribution is 2.36. The molecule has 1 fully saturated rings. The van der Waals surface area contributed by atoms with Crippen molar-refractivity contribution in [3.8, 4) is 0 Å². The van der Waals surface area contributed by atoms with Crippen molar-refractivity contribution in [1.82, 2.24) is 5.32 Å². The Morgan fingerprint density at radius 3 is 1.89 bits per heavy atom. The summed E-state index contributed by atoms with van der Waals surface area (Å²) in [6.45, 7) is 16.0. The van der Waals surface area contributed by atoms with Gasteiger partial charge in [0.2, 0.25) is 0 Å². The second kappa shape index (κ2) is 7.08. The molecule has 3 N–H and O–H groups in total. The molecule has 0 bridgehead atoms. The second-order valence-electron chi connectivity index (χ2n) is 7.87. The second-order valence-corrected chi connectivity index (χ2v) is 7.87. The number of hydrogen-bond donors (Lipinski definition) is 2. The molecule has 1 saturated carbocycles. The van der Waals surface area contributed by atoms with Crippen LogP contribution in [0, 0.1) is 29.6 Å². The third kappa shape index (κ3) is 4.75. The molecule has 114 valence electrons. The highest BCUT2D eigenvalue weighted by molar-refractivity contribution is 4.96. The Hall–Kier alpha value is -0.0800. The lowest BCUT2D eigenvalue weighted by molar-refractivity contribution is 0.132. The summed E-state index contributed by atoms with van der Waals surface area (Å²) in [6.07, 6.45) is 3.86. The van der Waals surface area contributed by atoms with E-state index >= 15 is 0 Å². The maximum Gasteiger partial charge on any atom is 0.0309 e. The van der Waals surface area contributed by atoms with Gasteiger partial charge in [-0.15, -0.1) is 0 Å². The van der Waals surface area contributed by atoms with Gasteiger partial charge in [-0.2, -0.15) is 0 Å². The van der Waals surface area contributed by atoms with Crippen LogP contribution < -0.4 is 11.1 Å². The van der Waals surface area contributed by atoms with Gasteiger partial charge in [-0.25, -0.2) is 0 Å². The maximum absolute atomic E-state index is 6.14. The monoisotopic (exact) mass is 268 g/mol. The van der Waals surface area contributed by atoms with Gasteiger partial charge >= 0.3 is 0 Å². The summed E-state index contributed by atoms with van der Waals surface area (Å²) >= 11 is 0. The molecule has 0 heterocycles. The van der Waals surface area contributed by atoms with E-state index in [0.29, 0.717) is 0 Å². The molecule has 0 amide bonds. The van der Waals surface area contributed by atoms with E-state index in [1.165, 1.54) is 19.3 Å². The molecule has 1 rings (SSSR count). The first kappa shape index (κ1) is 17.0. The molecular formula is C17H36N2. The zero-order valence-electron chi connectivity index (χ0n) is 14.0. The number of rotatable bonds is 6. The van der Waals surface area contributed by atoms with Gasteiger partial charge in [0.05, 0.1) is 0 Å². The van der Waals surface area contributed by atoms with E-state index in [0.717, 1.165) is 42.7 Å². The van der Waals surface area contributed by atoms with Gasteiger partial charge in [-0.05, 0) is 55.4 Å². The first-order valence-electron chi connectivity index (χ1n) is 8.24. The van der Waals surface area contributed by atoms with Crippen molar-refractivity contribution >= 4 is 0 Å². The first-order chi connectivity index (χ1) is 8.79. The molecule has 1 aliphatic carbocycles. The molecule has 2 unspecified atom stereocenters. The minimum atomic E-state index is 0.194. The molecule has 0 aliphatic heterocycles. The molecule has 0 spiro atoms. The van der Waals surface area contributed by atoms with Crippen LogP contribution in [0.5, 0.6) is 0 Å².